The number of hydrogen-bond donors (Lipinski definition) is 1. The van der Waals surface area contributed by atoms with Crippen molar-refractivity contribution in [3.8, 4) is 0 Å². The van der Waals surface area contributed by atoms with E-state index in [9.17, 15) is 5.11 Å². The molecule has 142 valence electrons. The largest absolute Gasteiger partial charge is 0.480 e. The maximum absolute atomic E-state index is 10.6. The van der Waals surface area contributed by atoms with Crippen molar-refractivity contribution in [2.45, 2.75) is 52.3 Å². The molecule has 0 aliphatic carbocycles. The number of aliphatic hydroxyl groups excluding tert-OH is 1. The van der Waals surface area contributed by atoms with Crippen LogP contribution in [0.2, 0.25) is 0 Å². The van der Waals surface area contributed by atoms with E-state index >= 15 is 0 Å². The molecule has 5 nitrogen and oxygen atoms in total. The van der Waals surface area contributed by atoms with Crippen LogP contribution in [-0.2, 0) is 15.9 Å². The lowest BCUT2D eigenvalue weighted by Gasteiger charge is -2.29. The average Bonchev–Trinajstić information content (AvgIpc) is 2.63. The van der Waals surface area contributed by atoms with Gasteiger partial charge in [-0.3, -0.25) is 0 Å². The van der Waals surface area contributed by atoms with Crippen LogP contribution in [0.5, 0.6) is 0 Å². The Kier molecular flexibility index (Phi) is 7.85. The van der Waals surface area contributed by atoms with Gasteiger partial charge in [0, 0.05) is 0 Å². The predicted octanol–water partition coefficient (Wildman–Crippen LogP) is 3.42. The minimum absolute atomic E-state index is 0.173. The third-order valence-corrected chi connectivity index (χ3v) is 4.11. The van der Waals surface area contributed by atoms with Gasteiger partial charge in [-0.05, 0) is 31.7 Å². The van der Waals surface area contributed by atoms with Gasteiger partial charge in [-0.25, -0.2) is 9.98 Å². The molecule has 1 aromatic rings. The van der Waals surface area contributed by atoms with Crippen LogP contribution in [0.3, 0.4) is 0 Å². The van der Waals surface area contributed by atoms with Crippen LogP contribution in [-0.4, -0.2) is 48.3 Å². The van der Waals surface area contributed by atoms with Gasteiger partial charge < -0.3 is 14.6 Å². The van der Waals surface area contributed by atoms with Gasteiger partial charge in [0.1, 0.15) is 12.1 Å². The van der Waals surface area contributed by atoms with Gasteiger partial charge in [-0.1, -0.05) is 56.3 Å². The van der Waals surface area contributed by atoms with Crippen molar-refractivity contribution >= 4 is 11.8 Å². The molecule has 0 fully saturated rings. The van der Waals surface area contributed by atoms with Crippen molar-refractivity contribution in [1.82, 2.24) is 0 Å². The summed E-state index contributed by atoms with van der Waals surface area (Å²) in [5, 5.41) is 10.6. The summed E-state index contributed by atoms with van der Waals surface area (Å²) in [7, 11) is 0. The molecule has 1 aliphatic rings. The molecular formula is C21H30N2O3. The quantitative estimate of drug-likeness (QED) is 0.760. The fourth-order valence-electron chi connectivity index (χ4n) is 2.80. The third kappa shape index (κ3) is 5.43. The molecule has 3 unspecified atom stereocenters. The average molecular weight is 358 g/mol. The van der Waals surface area contributed by atoms with E-state index < -0.39 is 12.1 Å². The van der Waals surface area contributed by atoms with Gasteiger partial charge in [0.2, 0.25) is 11.8 Å². The molecule has 26 heavy (non-hydrogen) atoms. The third-order valence-electron chi connectivity index (χ3n) is 4.11. The lowest BCUT2D eigenvalue weighted by Crippen LogP contribution is -2.42. The number of benzene rings is 1. The molecule has 5 heteroatoms. The number of rotatable bonds is 7. The zero-order chi connectivity index (χ0) is 18.9. The number of nitrogens with zero attached hydrogens (tertiary/aromatic N) is 2. The van der Waals surface area contributed by atoms with E-state index in [0.29, 0.717) is 25.0 Å². The highest BCUT2D eigenvalue weighted by Crippen LogP contribution is 2.20. The predicted molar refractivity (Wildman–Crippen MR) is 106 cm³/mol. The molecule has 0 spiro atoms. The molecule has 3 atom stereocenters. The van der Waals surface area contributed by atoms with Crippen molar-refractivity contribution in [3.63, 3.8) is 0 Å². The van der Waals surface area contributed by atoms with Crippen LogP contribution in [0, 0.1) is 5.92 Å². The molecule has 1 heterocycles. The van der Waals surface area contributed by atoms with E-state index in [1.165, 1.54) is 5.56 Å². The van der Waals surface area contributed by atoms with E-state index in [1.54, 1.807) is 6.08 Å². The Hall–Kier alpha value is -2.14. The minimum atomic E-state index is -0.812. The monoisotopic (exact) mass is 358 g/mol. The van der Waals surface area contributed by atoms with Crippen LogP contribution < -0.4 is 0 Å². The number of hydrogen-bond acceptors (Lipinski definition) is 5. The first-order valence-corrected chi connectivity index (χ1v) is 9.36. The number of aliphatic imine (C=N–C) groups is 2. The second-order valence-corrected chi connectivity index (χ2v) is 6.54. The van der Waals surface area contributed by atoms with E-state index in [-0.39, 0.29) is 12.0 Å². The molecule has 2 rings (SSSR count). The molecule has 1 aromatic carbocycles. The molecule has 1 N–H and O–H groups in total. The Labute approximate surface area is 156 Å². The first kappa shape index (κ1) is 20.2. The standard InChI is InChI=1S/C21H30N2O3/c1-5-25-20-18(15(3)4)22-21(26-6-2)19(23-20)17(24)14-10-13-16-11-8-7-9-12-16/h7-12,14-15,17-19,24H,5-6,13H2,1-4H3/b14-10+. The van der Waals surface area contributed by atoms with Gasteiger partial charge >= 0.3 is 0 Å². The Bertz CT molecular complexity index is 638. The summed E-state index contributed by atoms with van der Waals surface area (Å²) in [6, 6.07) is 9.37. The SMILES string of the molecule is CCOC1=NC(C(O)/C=C/Cc2ccccc2)C(OCC)=NC1C(C)C. The lowest BCUT2D eigenvalue weighted by molar-refractivity contribution is 0.188. The normalized spacial score (nSPS) is 21.5. The molecular weight excluding hydrogens is 328 g/mol. The van der Waals surface area contributed by atoms with Crippen LogP contribution in [0.4, 0.5) is 0 Å². The van der Waals surface area contributed by atoms with E-state index in [4.69, 9.17) is 9.47 Å². The fourth-order valence-corrected chi connectivity index (χ4v) is 2.80. The van der Waals surface area contributed by atoms with Gasteiger partial charge in [0.15, 0.2) is 6.04 Å². The topological polar surface area (TPSA) is 63.4 Å². The molecule has 0 radical (unpaired) electrons. The summed E-state index contributed by atoms with van der Waals surface area (Å²) in [4.78, 5) is 9.32. The smallest absolute Gasteiger partial charge is 0.212 e. The number of ether oxygens (including phenoxy) is 2. The van der Waals surface area contributed by atoms with Gasteiger partial charge in [0.25, 0.3) is 0 Å². The molecule has 1 aliphatic heterocycles. The van der Waals surface area contributed by atoms with Gasteiger partial charge in [-0.2, -0.15) is 0 Å². The van der Waals surface area contributed by atoms with Crippen LogP contribution >= 0.6 is 0 Å². The van der Waals surface area contributed by atoms with Gasteiger partial charge in [-0.15, -0.1) is 0 Å². The van der Waals surface area contributed by atoms with Crippen LogP contribution in [0.1, 0.15) is 33.3 Å². The van der Waals surface area contributed by atoms with E-state index in [2.05, 4.69) is 36.0 Å². The molecule has 0 saturated heterocycles. The fraction of sp³-hybridized carbons (Fsp3) is 0.524. The van der Waals surface area contributed by atoms with E-state index in [0.717, 1.165) is 6.42 Å². The summed E-state index contributed by atoms with van der Waals surface area (Å²) in [5.74, 6) is 1.29. The van der Waals surface area contributed by atoms with Gasteiger partial charge in [0.05, 0.1) is 13.2 Å². The summed E-state index contributed by atoms with van der Waals surface area (Å²) in [6.07, 6.45) is 3.65. The number of aliphatic hydroxyl groups is 1. The number of allylic oxidation sites excluding steroid dienone is 1. The summed E-state index contributed by atoms with van der Waals surface area (Å²) >= 11 is 0. The van der Waals surface area contributed by atoms with Crippen molar-refractivity contribution in [2.24, 2.45) is 15.9 Å². The highest BCUT2D eigenvalue weighted by atomic mass is 16.5. The van der Waals surface area contributed by atoms with Crippen molar-refractivity contribution in [1.29, 1.82) is 0 Å². The first-order valence-electron chi connectivity index (χ1n) is 9.36. The maximum Gasteiger partial charge on any atom is 0.212 e. The first-order chi connectivity index (χ1) is 12.6. The second-order valence-electron chi connectivity index (χ2n) is 6.54. The highest BCUT2D eigenvalue weighted by Gasteiger charge is 2.34. The van der Waals surface area contributed by atoms with E-state index in [1.807, 2.05) is 38.1 Å². The van der Waals surface area contributed by atoms with Crippen LogP contribution in [0.25, 0.3) is 0 Å². The Morgan fingerprint density at radius 1 is 1.00 bits per heavy atom. The van der Waals surface area contributed by atoms with Crippen molar-refractivity contribution in [2.75, 3.05) is 13.2 Å². The summed E-state index contributed by atoms with van der Waals surface area (Å²) in [6.45, 7) is 8.98. The highest BCUT2D eigenvalue weighted by molar-refractivity contribution is 5.94. The summed E-state index contributed by atoms with van der Waals surface area (Å²) in [5.41, 5.74) is 1.19. The lowest BCUT2D eigenvalue weighted by atomic mass is 10.0. The molecule has 0 amide bonds. The Morgan fingerprint density at radius 3 is 2.15 bits per heavy atom. The maximum atomic E-state index is 10.6. The van der Waals surface area contributed by atoms with Crippen molar-refractivity contribution in [3.05, 3.63) is 48.0 Å². The van der Waals surface area contributed by atoms with Crippen molar-refractivity contribution < 1.29 is 14.6 Å². The second kappa shape index (κ2) is 10.1. The summed E-state index contributed by atoms with van der Waals surface area (Å²) < 4.78 is 11.4. The Balaban J connectivity index is 2.15. The zero-order valence-electron chi connectivity index (χ0n) is 16.1. The molecule has 0 saturated carbocycles. The Morgan fingerprint density at radius 2 is 1.58 bits per heavy atom. The minimum Gasteiger partial charge on any atom is -0.480 e. The molecule has 0 bridgehead atoms. The molecule has 0 aromatic heterocycles. The van der Waals surface area contributed by atoms with Crippen LogP contribution in [0.15, 0.2) is 52.5 Å². The zero-order valence-corrected chi connectivity index (χ0v) is 16.1.